The smallest absolute Gasteiger partial charge is 0.298 e. The normalized spacial score (nSPS) is 14.4. The van der Waals surface area contributed by atoms with E-state index < -0.39 is 0 Å². The lowest BCUT2D eigenvalue weighted by atomic mass is 10.1. The first kappa shape index (κ1) is 15.9. The van der Waals surface area contributed by atoms with Crippen LogP contribution in [0.5, 0.6) is 10.9 Å². The van der Waals surface area contributed by atoms with Crippen molar-refractivity contribution in [3.8, 4) is 10.9 Å². The highest BCUT2D eigenvalue weighted by molar-refractivity contribution is 7.07. The van der Waals surface area contributed by atoms with Gasteiger partial charge in [0.2, 0.25) is 0 Å². The molecule has 122 valence electrons. The van der Waals surface area contributed by atoms with E-state index >= 15 is 0 Å². The van der Waals surface area contributed by atoms with Crippen LogP contribution in [0.15, 0.2) is 17.1 Å². The fourth-order valence-corrected chi connectivity index (χ4v) is 2.75. The van der Waals surface area contributed by atoms with Gasteiger partial charge in [0.1, 0.15) is 11.6 Å². The van der Waals surface area contributed by atoms with Gasteiger partial charge in [0.15, 0.2) is 0 Å². The minimum absolute atomic E-state index is 0.554. The molecule has 0 bridgehead atoms. The summed E-state index contributed by atoms with van der Waals surface area (Å²) in [5.74, 6) is 2.31. The van der Waals surface area contributed by atoms with Gasteiger partial charge >= 0.3 is 0 Å². The molecule has 0 saturated heterocycles. The van der Waals surface area contributed by atoms with Gasteiger partial charge in [-0.05, 0) is 56.9 Å². The Morgan fingerprint density at radius 1 is 1.35 bits per heavy atom. The van der Waals surface area contributed by atoms with Crippen LogP contribution in [0.1, 0.15) is 42.6 Å². The molecule has 2 aromatic rings. The number of nitrogens with zero attached hydrogens (tertiary/aromatic N) is 4. The quantitative estimate of drug-likeness (QED) is 0.580. The molecule has 1 aliphatic carbocycles. The molecule has 0 N–H and O–H groups in total. The molecular formula is C17H22N4OS. The van der Waals surface area contributed by atoms with E-state index in [9.17, 15) is 0 Å². The topological polar surface area (TPSA) is 50.6 Å². The summed E-state index contributed by atoms with van der Waals surface area (Å²) >= 11 is 1.33. The molecule has 1 aliphatic rings. The number of ether oxygens (including phenoxy) is 1. The molecule has 1 saturated carbocycles. The lowest BCUT2D eigenvalue weighted by Gasteiger charge is -2.11. The van der Waals surface area contributed by atoms with Gasteiger partial charge in [0.25, 0.3) is 5.19 Å². The van der Waals surface area contributed by atoms with Crippen molar-refractivity contribution in [1.82, 2.24) is 14.3 Å². The maximum atomic E-state index is 5.93. The summed E-state index contributed by atoms with van der Waals surface area (Å²) in [4.78, 5) is 11.1. The van der Waals surface area contributed by atoms with Crippen LogP contribution in [0, 0.1) is 13.8 Å². The summed E-state index contributed by atoms with van der Waals surface area (Å²) in [7, 11) is 2.01. The van der Waals surface area contributed by atoms with Crippen molar-refractivity contribution in [3.63, 3.8) is 0 Å². The van der Waals surface area contributed by atoms with Gasteiger partial charge in [0.05, 0.1) is 12.0 Å². The Kier molecular flexibility index (Phi) is 4.61. The summed E-state index contributed by atoms with van der Waals surface area (Å²) < 4.78 is 10.3. The van der Waals surface area contributed by atoms with Crippen molar-refractivity contribution in [2.45, 2.75) is 39.5 Å². The number of aliphatic imine (C=N–C) groups is 1. The summed E-state index contributed by atoms with van der Waals surface area (Å²) in [6.45, 7) is 7.10. The lowest BCUT2D eigenvalue weighted by molar-refractivity contribution is 0.473. The minimum atomic E-state index is 0.554. The van der Waals surface area contributed by atoms with Crippen LogP contribution in [0.4, 0.5) is 5.69 Å². The second-order valence-electron chi connectivity index (χ2n) is 6.02. The van der Waals surface area contributed by atoms with Crippen molar-refractivity contribution >= 4 is 23.6 Å². The largest absolute Gasteiger partial charge is 0.430 e. The lowest BCUT2D eigenvalue weighted by Crippen LogP contribution is -2.14. The Labute approximate surface area is 141 Å². The van der Waals surface area contributed by atoms with Crippen LogP contribution in [0.25, 0.3) is 0 Å². The molecule has 0 atom stereocenters. The SMILES string of the molecule is CCN(C)C=Nc1cc(C)c(Oc2nc(C3CC3)ns2)cc1C. The summed E-state index contributed by atoms with van der Waals surface area (Å²) in [6, 6.07) is 4.07. The van der Waals surface area contributed by atoms with E-state index in [-0.39, 0.29) is 0 Å². The molecule has 0 amide bonds. The minimum Gasteiger partial charge on any atom is -0.430 e. The summed E-state index contributed by atoms with van der Waals surface area (Å²) in [5.41, 5.74) is 3.09. The van der Waals surface area contributed by atoms with Gasteiger partial charge in [-0.25, -0.2) is 4.99 Å². The highest BCUT2D eigenvalue weighted by Gasteiger charge is 2.28. The number of aryl methyl sites for hydroxylation is 2. The Morgan fingerprint density at radius 3 is 2.83 bits per heavy atom. The predicted molar refractivity (Wildman–Crippen MR) is 94.3 cm³/mol. The predicted octanol–water partition coefficient (Wildman–Crippen LogP) is 4.44. The van der Waals surface area contributed by atoms with Crippen LogP contribution in [-0.2, 0) is 0 Å². The number of hydrogen-bond acceptors (Lipinski definition) is 5. The van der Waals surface area contributed by atoms with Crippen LogP contribution >= 0.6 is 11.5 Å². The molecule has 1 aromatic heterocycles. The summed E-state index contributed by atoms with van der Waals surface area (Å²) in [5, 5.41) is 0.622. The van der Waals surface area contributed by atoms with E-state index in [2.05, 4.69) is 21.3 Å². The number of aromatic nitrogens is 2. The second kappa shape index (κ2) is 6.66. The van der Waals surface area contributed by atoms with E-state index in [4.69, 9.17) is 4.74 Å². The van der Waals surface area contributed by atoms with Gasteiger partial charge in [-0.3, -0.25) is 0 Å². The maximum Gasteiger partial charge on any atom is 0.298 e. The molecule has 3 rings (SSSR count). The molecule has 1 fully saturated rings. The van der Waals surface area contributed by atoms with E-state index in [0.29, 0.717) is 11.1 Å². The van der Waals surface area contributed by atoms with Crippen molar-refractivity contribution in [2.75, 3.05) is 13.6 Å². The van der Waals surface area contributed by atoms with E-state index in [1.54, 1.807) is 0 Å². The molecule has 1 aromatic carbocycles. The van der Waals surface area contributed by atoms with Crippen LogP contribution < -0.4 is 4.74 Å². The third-order valence-corrected chi connectivity index (χ3v) is 4.56. The highest BCUT2D eigenvalue weighted by atomic mass is 32.1. The van der Waals surface area contributed by atoms with Crippen molar-refractivity contribution in [2.24, 2.45) is 4.99 Å². The molecule has 0 radical (unpaired) electrons. The molecular weight excluding hydrogens is 308 g/mol. The van der Waals surface area contributed by atoms with Crippen LogP contribution in [-0.4, -0.2) is 34.2 Å². The number of benzene rings is 1. The molecule has 23 heavy (non-hydrogen) atoms. The molecule has 0 unspecified atom stereocenters. The molecule has 6 heteroatoms. The van der Waals surface area contributed by atoms with Gasteiger partial charge in [-0.1, -0.05) is 0 Å². The Hall–Kier alpha value is -1.95. The fraction of sp³-hybridized carbons (Fsp3) is 0.471. The fourth-order valence-electron chi connectivity index (χ4n) is 2.13. The number of rotatable bonds is 6. The first-order chi connectivity index (χ1) is 11.1. The van der Waals surface area contributed by atoms with E-state index in [1.165, 1.54) is 24.4 Å². The van der Waals surface area contributed by atoms with Gasteiger partial charge in [-0.15, -0.1) is 0 Å². The zero-order valence-corrected chi connectivity index (χ0v) is 14.9. The zero-order valence-electron chi connectivity index (χ0n) is 14.0. The Morgan fingerprint density at radius 2 is 2.13 bits per heavy atom. The monoisotopic (exact) mass is 330 g/mol. The molecule has 0 spiro atoms. The van der Waals surface area contributed by atoms with Gasteiger partial charge in [0, 0.05) is 31.0 Å². The van der Waals surface area contributed by atoms with Crippen molar-refractivity contribution in [3.05, 3.63) is 29.1 Å². The third kappa shape index (κ3) is 3.88. The average Bonchev–Trinajstić information content (AvgIpc) is 3.29. The zero-order chi connectivity index (χ0) is 16.4. The van der Waals surface area contributed by atoms with Gasteiger partial charge < -0.3 is 9.64 Å². The Balaban J connectivity index is 1.77. The van der Waals surface area contributed by atoms with Crippen LogP contribution in [0.2, 0.25) is 0 Å². The molecule has 5 nitrogen and oxygen atoms in total. The maximum absolute atomic E-state index is 5.93. The first-order valence-electron chi connectivity index (χ1n) is 7.94. The first-order valence-corrected chi connectivity index (χ1v) is 8.71. The average molecular weight is 330 g/mol. The Bertz CT molecular complexity index is 721. The molecule has 0 aliphatic heterocycles. The highest BCUT2D eigenvalue weighted by Crippen LogP contribution is 2.40. The summed E-state index contributed by atoms with van der Waals surface area (Å²) in [6.07, 6.45) is 4.26. The van der Waals surface area contributed by atoms with Crippen molar-refractivity contribution in [1.29, 1.82) is 0 Å². The van der Waals surface area contributed by atoms with Crippen LogP contribution in [0.3, 0.4) is 0 Å². The van der Waals surface area contributed by atoms with Gasteiger partial charge in [-0.2, -0.15) is 9.36 Å². The van der Waals surface area contributed by atoms with E-state index in [1.807, 2.05) is 44.3 Å². The third-order valence-electron chi connectivity index (χ3n) is 3.95. The van der Waals surface area contributed by atoms with Crippen molar-refractivity contribution < 1.29 is 4.74 Å². The second-order valence-corrected chi connectivity index (χ2v) is 6.73. The standard InChI is InChI=1S/C17H22N4OS/c1-5-21(4)10-18-14-8-12(3)15(9-11(14)2)22-17-19-16(20-23-17)13-6-7-13/h8-10,13H,5-7H2,1-4H3. The molecule has 1 heterocycles. The van der Waals surface area contributed by atoms with E-state index in [0.717, 1.165) is 34.9 Å². The number of hydrogen-bond donors (Lipinski definition) is 0.